The molecule has 0 aromatic rings. The third-order valence-electron chi connectivity index (χ3n) is 0.768. The molecular formula is C6H12N2O3. The lowest BCUT2D eigenvalue weighted by Gasteiger charge is -2.08. The summed E-state index contributed by atoms with van der Waals surface area (Å²) in [6, 6.07) is 0. The minimum atomic E-state index is -0.530. The van der Waals surface area contributed by atoms with Gasteiger partial charge in [0.2, 0.25) is 0 Å². The number of hydrogen-bond acceptors (Lipinski definition) is 4. The lowest BCUT2D eigenvalue weighted by Crippen LogP contribution is -2.34. The molecule has 0 saturated heterocycles. The van der Waals surface area contributed by atoms with Crippen molar-refractivity contribution in [3.05, 3.63) is 0 Å². The second-order valence-corrected chi connectivity index (χ2v) is 2.36. The van der Waals surface area contributed by atoms with Crippen molar-refractivity contribution in [1.29, 1.82) is 0 Å². The van der Waals surface area contributed by atoms with E-state index in [1.54, 1.807) is 19.0 Å². The van der Waals surface area contributed by atoms with Crippen LogP contribution in [0.3, 0.4) is 0 Å². The van der Waals surface area contributed by atoms with E-state index in [0.29, 0.717) is 0 Å². The van der Waals surface area contributed by atoms with Crippen LogP contribution in [0.5, 0.6) is 0 Å². The summed E-state index contributed by atoms with van der Waals surface area (Å²) in [5.74, 6) is -0.873. The zero-order chi connectivity index (χ0) is 8.85. The molecule has 1 amide bonds. The first kappa shape index (κ1) is 9.90. The van der Waals surface area contributed by atoms with Gasteiger partial charge < -0.3 is 9.74 Å². The number of hydrogen-bond donors (Lipinski definition) is 1. The highest BCUT2D eigenvalue weighted by molar-refractivity contribution is 5.78. The Morgan fingerprint density at radius 3 is 2.36 bits per heavy atom. The number of amides is 1. The summed E-state index contributed by atoms with van der Waals surface area (Å²) in [4.78, 5) is 26.8. The minimum absolute atomic E-state index is 0.202. The molecule has 0 radical (unpaired) electrons. The van der Waals surface area contributed by atoms with Crippen molar-refractivity contribution < 1.29 is 14.4 Å². The fourth-order valence-corrected chi connectivity index (χ4v) is 0.448. The van der Waals surface area contributed by atoms with Crippen molar-refractivity contribution in [1.82, 2.24) is 10.4 Å². The number of hydroxylamine groups is 1. The Kier molecular flexibility index (Phi) is 4.21. The van der Waals surface area contributed by atoms with Gasteiger partial charge in [-0.15, -0.1) is 0 Å². The number of nitrogens with zero attached hydrogens (tertiary/aromatic N) is 1. The fraction of sp³-hybridized carbons (Fsp3) is 0.667. The first-order valence-corrected chi connectivity index (χ1v) is 3.13. The highest BCUT2D eigenvalue weighted by atomic mass is 16.7. The second-order valence-electron chi connectivity index (χ2n) is 2.36. The molecule has 5 nitrogen and oxygen atoms in total. The van der Waals surface area contributed by atoms with Crippen LogP contribution in [0.1, 0.15) is 6.92 Å². The van der Waals surface area contributed by atoms with Crippen LogP contribution in [0.15, 0.2) is 0 Å². The molecular weight excluding hydrogens is 148 g/mol. The third kappa shape index (κ3) is 6.79. The van der Waals surface area contributed by atoms with Crippen LogP contribution in [0.4, 0.5) is 0 Å². The quantitative estimate of drug-likeness (QED) is 0.534. The molecule has 0 aromatic carbocycles. The van der Waals surface area contributed by atoms with Crippen LogP contribution in [0.2, 0.25) is 0 Å². The number of nitrogens with one attached hydrogen (secondary N) is 1. The second kappa shape index (κ2) is 4.68. The lowest BCUT2D eigenvalue weighted by atomic mass is 10.6. The number of rotatable bonds is 2. The Balaban J connectivity index is 3.45. The molecule has 5 heteroatoms. The molecule has 0 aliphatic rings. The maximum atomic E-state index is 10.7. The highest BCUT2D eigenvalue weighted by Gasteiger charge is 2.02. The molecule has 64 valence electrons. The first-order valence-electron chi connectivity index (χ1n) is 3.13. The maximum absolute atomic E-state index is 10.7. The van der Waals surface area contributed by atoms with Gasteiger partial charge >= 0.3 is 5.97 Å². The smallest absolute Gasteiger partial charge is 0.329 e. The van der Waals surface area contributed by atoms with E-state index in [-0.39, 0.29) is 12.5 Å². The van der Waals surface area contributed by atoms with Gasteiger partial charge in [-0.05, 0) is 14.1 Å². The van der Waals surface area contributed by atoms with E-state index in [4.69, 9.17) is 0 Å². The average Bonchev–Trinajstić information content (AvgIpc) is 1.82. The number of carbonyl (C=O) groups excluding carboxylic acids is 2. The molecule has 0 heterocycles. The van der Waals surface area contributed by atoms with Gasteiger partial charge in [0.05, 0.1) is 6.54 Å². The van der Waals surface area contributed by atoms with Gasteiger partial charge in [-0.3, -0.25) is 9.59 Å². The molecule has 0 saturated carbocycles. The molecule has 0 fully saturated rings. The Morgan fingerprint density at radius 2 is 2.00 bits per heavy atom. The zero-order valence-corrected chi connectivity index (χ0v) is 6.88. The maximum Gasteiger partial charge on any atom is 0.329 e. The topological polar surface area (TPSA) is 58.6 Å². The van der Waals surface area contributed by atoms with E-state index in [2.05, 4.69) is 4.84 Å². The van der Waals surface area contributed by atoms with E-state index in [0.717, 1.165) is 0 Å². The van der Waals surface area contributed by atoms with E-state index >= 15 is 0 Å². The Morgan fingerprint density at radius 1 is 1.45 bits per heavy atom. The molecule has 1 N–H and O–H groups in total. The third-order valence-corrected chi connectivity index (χ3v) is 0.768. The molecule has 0 aromatic heterocycles. The Hall–Kier alpha value is -1.10. The summed E-state index contributed by atoms with van der Waals surface area (Å²) >= 11 is 0. The van der Waals surface area contributed by atoms with Gasteiger partial charge in [0.1, 0.15) is 0 Å². The van der Waals surface area contributed by atoms with E-state index in [1.165, 1.54) is 6.92 Å². The van der Waals surface area contributed by atoms with Crippen molar-refractivity contribution in [2.75, 3.05) is 20.6 Å². The summed E-state index contributed by atoms with van der Waals surface area (Å²) in [5, 5.41) is 0. The molecule has 0 bridgehead atoms. The number of carbonyl (C=O) groups is 2. The lowest BCUT2D eigenvalue weighted by molar-refractivity contribution is -0.156. The largest absolute Gasteiger partial charge is 0.341 e. The van der Waals surface area contributed by atoms with Crippen molar-refractivity contribution >= 4 is 11.9 Å². The van der Waals surface area contributed by atoms with E-state index < -0.39 is 5.97 Å². The van der Waals surface area contributed by atoms with E-state index in [9.17, 15) is 9.59 Å². The standard InChI is InChI=1S/C6H12N2O3/c1-5(9)11-7-6(10)4-8(2)3/h4H2,1-3H3,(H,7,10). The number of likely N-dealkylation sites (N-methyl/N-ethyl adjacent to an activating group) is 1. The van der Waals surface area contributed by atoms with Gasteiger partial charge in [-0.25, -0.2) is 0 Å². The van der Waals surface area contributed by atoms with Gasteiger partial charge in [0.15, 0.2) is 0 Å². The summed E-state index contributed by atoms with van der Waals surface area (Å²) in [5.41, 5.74) is 1.98. The summed E-state index contributed by atoms with van der Waals surface area (Å²) < 4.78 is 0. The zero-order valence-electron chi connectivity index (χ0n) is 6.88. The predicted octanol–water partition coefficient (Wildman–Crippen LogP) is -0.858. The van der Waals surface area contributed by atoms with Gasteiger partial charge in [0, 0.05) is 6.92 Å². The van der Waals surface area contributed by atoms with Crippen molar-refractivity contribution in [2.45, 2.75) is 6.92 Å². The predicted molar refractivity (Wildman–Crippen MR) is 38.5 cm³/mol. The van der Waals surface area contributed by atoms with Gasteiger partial charge in [0.25, 0.3) is 5.91 Å². The highest BCUT2D eigenvalue weighted by Crippen LogP contribution is 1.75. The van der Waals surface area contributed by atoms with Gasteiger partial charge in [-0.2, -0.15) is 5.48 Å². The molecule has 11 heavy (non-hydrogen) atoms. The average molecular weight is 160 g/mol. The summed E-state index contributed by atoms with van der Waals surface area (Å²) in [7, 11) is 3.49. The first-order chi connectivity index (χ1) is 5.02. The molecule has 0 spiro atoms. The van der Waals surface area contributed by atoms with Gasteiger partial charge in [-0.1, -0.05) is 0 Å². The summed E-state index contributed by atoms with van der Waals surface area (Å²) in [6.07, 6.45) is 0. The minimum Gasteiger partial charge on any atom is -0.341 e. The van der Waals surface area contributed by atoms with Crippen LogP contribution in [0.25, 0.3) is 0 Å². The summed E-state index contributed by atoms with van der Waals surface area (Å²) in [6.45, 7) is 1.42. The van der Waals surface area contributed by atoms with Crippen molar-refractivity contribution in [3.8, 4) is 0 Å². The van der Waals surface area contributed by atoms with Crippen molar-refractivity contribution in [2.24, 2.45) is 0 Å². The normalized spacial score (nSPS) is 9.45. The van der Waals surface area contributed by atoms with Crippen LogP contribution >= 0.6 is 0 Å². The Bertz CT molecular complexity index is 156. The fourth-order valence-electron chi connectivity index (χ4n) is 0.448. The Labute approximate surface area is 65.3 Å². The SMILES string of the molecule is CC(=O)ONC(=O)CN(C)C. The molecule has 0 unspecified atom stereocenters. The van der Waals surface area contributed by atoms with Crippen LogP contribution in [0, 0.1) is 0 Å². The van der Waals surface area contributed by atoms with Crippen LogP contribution in [-0.2, 0) is 14.4 Å². The monoisotopic (exact) mass is 160 g/mol. The molecule has 0 aliphatic carbocycles. The van der Waals surface area contributed by atoms with Crippen LogP contribution < -0.4 is 5.48 Å². The molecule has 0 atom stereocenters. The van der Waals surface area contributed by atoms with E-state index in [1.807, 2.05) is 5.48 Å². The molecule has 0 rings (SSSR count). The van der Waals surface area contributed by atoms with Crippen LogP contribution in [-0.4, -0.2) is 37.4 Å². The van der Waals surface area contributed by atoms with Crippen molar-refractivity contribution in [3.63, 3.8) is 0 Å². The molecule has 0 aliphatic heterocycles.